The average Bonchev–Trinajstić information content (AvgIpc) is 2.60. The molecule has 0 aliphatic heterocycles. The summed E-state index contributed by atoms with van der Waals surface area (Å²) in [4.78, 5) is 12.4. The van der Waals surface area contributed by atoms with Gasteiger partial charge in [-0.2, -0.15) is 0 Å². The predicted octanol–water partition coefficient (Wildman–Crippen LogP) is 3.41. The molecule has 0 radical (unpaired) electrons. The minimum Gasteiger partial charge on any atom is -0.455 e. The normalized spacial score (nSPS) is 12.5. The Morgan fingerprint density at radius 1 is 1.04 bits per heavy atom. The van der Waals surface area contributed by atoms with E-state index in [1.807, 2.05) is 39.0 Å². The number of nitrogens with zero attached hydrogens (tertiary/aromatic N) is 1. The molecular formula is C20H26N2O4S. The zero-order chi connectivity index (χ0) is 20.0. The lowest BCUT2D eigenvalue weighted by Crippen LogP contribution is -2.44. The van der Waals surface area contributed by atoms with E-state index in [-0.39, 0.29) is 24.4 Å². The standard InChI is InChI=1S/C20H26N2O4S/c1-15(2)16(3)21-20(23)14-22(27(4,24)25)18-12-8-9-13-19(18)26-17-10-6-5-7-11-17/h5-13,15-16H,14H2,1-4H3,(H,21,23)/t16-/m1/s1. The summed E-state index contributed by atoms with van der Waals surface area (Å²) in [7, 11) is -3.69. The molecule has 6 nitrogen and oxygen atoms in total. The van der Waals surface area contributed by atoms with Gasteiger partial charge in [0.2, 0.25) is 15.9 Å². The molecule has 0 fully saturated rings. The van der Waals surface area contributed by atoms with Crippen molar-refractivity contribution in [3.05, 3.63) is 54.6 Å². The number of para-hydroxylation sites is 3. The summed E-state index contributed by atoms with van der Waals surface area (Å²) in [5.74, 6) is 0.820. The van der Waals surface area contributed by atoms with E-state index in [2.05, 4.69) is 5.32 Å². The minimum absolute atomic E-state index is 0.0604. The van der Waals surface area contributed by atoms with Gasteiger partial charge in [0.15, 0.2) is 5.75 Å². The van der Waals surface area contributed by atoms with Crippen LogP contribution in [0.5, 0.6) is 11.5 Å². The molecule has 0 aliphatic carbocycles. The zero-order valence-corrected chi connectivity index (χ0v) is 16.9. The molecule has 7 heteroatoms. The van der Waals surface area contributed by atoms with E-state index >= 15 is 0 Å². The lowest BCUT2D eigenvalue weighted by atomic mass is 10.1. The van der Waals surface area contributed by atoms with Crippen molar-refractivity contribution in [2.24, 2.45) is 5.92 Å². The van der Waals surface area contributed by atoms with Crippen molar-refractivity contribution in [3.63, 3.8) is 0 Å². The van der Waals surface area contributed by atoms with Crippen LogP contribution in [0.4, 0.5) is 5.69 Å². The first-order valence-corrected chi connectivity index (χ1v) is 10.6. The Hall–Kier alpha value is -2.54. The fourth-order valence-corrected chi connectivity index (χ4v) is 3.20. The van der Waals surface area contributed by atoms with E-state index < -0.39 is 10.0 Å². The molecule has 1 atom stereocenters. The number of carbonyl (C=O) groups is 1. The highest BCUT2D eigenvalue weighted by molar-refractivity contribution is 7.92. The third kappa shape index (κ3) is 5.99. The number of nitrogens with one attached hydrogen (secondary N) is 1. The van der Waals surface area contributed by atoms with Gasteiger partial charge < -0.3 is 10.1 Å². The van der Waals surface area contributed by atoms with Gasteiger partial charge in [0.05, 0.1) is 11.9 Å². The highest BCUT2D eigenvalue weighted by atomic mass is 32.2. The van der Waals surface area contributed by atoms with E-state index in [4.69, 9.17) is 4.74 Å². The number of anilines is 1. The molecule has 0 aromatic heterocycles. The topological polar surface area (TPSA) is 75.7 Å². The monoisotopic (exact) mass is 390 g/mol. The van der Waals surface area contributed by atoms with Crippen molar-refractivity contribution in [1.29, 1.82) is 0 Å². The molecule has 0 bridgehead atoms. The third-order valence-electron chi connectivity index (χ3n) is 4.18. The van der Waals surface area contributed by atoms with Crippen LogP contribution < -0.4 is 14.4 Å². The molecule has 0 saturated carbocycles. The molecule has 0 heterocycles. The van der Waals surface area contributed by atoms with Crippen LogP contribution in [0.1, 0.15) is 20.8 Å². The first kappa shape index (κ1) is 20.8. The van der Waals surface area contributed by atoms with Crippen molar-refractivity contribution < 1.29 is 17.9 Å². The van der Waals surface area contributed by atoms with Crippen molar-refractivity contribution in [3.8, 4) is 11.5 Å². The van der Waals surface area contributed by atoms with Crippen LogP contribution >= 0.6 is 0 Å². The van der Waals surface area contributed by atoms with Gasteiger partial charge in [-0.05, 0) is 37.1 Å². The molecule has 27 heavy (non-hydrogen) atoms. The van der Waals surface area contributed by atoms with Gasteiger partial charge in [0, 0.05) is 6.04 Å². The highest BCUT2D eigenvalue weighted by Crippen LogP contribution is 2.33. The van der Waals surface area contributed by atoms with Crippen LogP contribution in [-0.4, -0.2) is 33.2 Å². The van der Waals surface area contributed by atoms with Crippen molar-refractivity contribution in [2.45, 2.75) is 26.8 Å². The fourth-order valence-electron chi connectivity index (χ4n) is 2.34. The summed E-state index contributed by atoms with van der Waals surface area (Å²) in [5.41, 5.74) is 0.316. The highest BCUT2D eigenvalue weighted by Gasteiger charge is 2.25. The molecule has 2 aromatic carbocycles. The van der Waals surface area contributed by atoms with Crippen LogP contribution in [0.3, 0.4) is 0 Å². The summed E-state index contributed by atoms with van der Waals surface area (Å²) < 4.78 is 31.7. The minimum atomic E-state index is -3.69. The van der Waals surface area contributed by atoms with Gasteiger partial charge in [0.1, 0.15) is 12.3 Å². The second-order valence-electron chi connectivity index (χ2n) is 6.75. The number of benzene rings is 2. The number of ether oxygens (including phenoxy) is 1. The van der Waals surface area contributed by atoms with Crippen molar-refractivity contribution in [2.75, 3.05) is 17.1 Å². The Morgan fingerprint density at radius 3 is 2.22 bits per heavy atom. The largest absolute Gasteiger partial charge is 0.455 e. The summed E-state index contributed by atoms with van der Waals surface area (Å²) in [5, 5.41) is 2.83. The Bertz CT molecular complexity index is 867. The molecule has 2 rings (SSSR count). The van der Waals surface area contributed by atoms with E-state index in [0.29, 0.717) is 17.2 Å². The van der Waals surface area contributed by atoms with E-state index in [0.717, 1.165) is 10.6 Å². The summed E-state index contributed by atoms with van der Waals surface area (Å²) in [6.07, 6.45) is 1.07. The Balaban J connectivity index is 2.31. The first-order chi connectivity index (χ1) is 12.7. The van der Waals surface area contributed by atoms with Crippen molar-refractivity contribution >= 4 is 21.6 Å². The smallest absolute Gasteiger partial charge is 0.240 e. The molecule has 2 aromatic rings. The van der Waals surface area contributed by atoms with Crippen LogP contribution in [0, 0.1) is 5.92 Å². The average molecular weight is 391 g/mol. The second-order valence-corrected chi connectivity index (χ2v) is 8.66. The Kier molecular flexibility index (Phi) is 6.85. The van der Waals surface area contributed by atoms with E-state index in [1.165, 1.54) is 0 Å². The molecule has 0 saturated heterocycles. The number of sulfonamides is 1. The van der Waals surface area contributed by atoms with Gasteiger partial charge in [-0.3, -0.25) is 9.10 Å². The third-order valence-corrected chi connectivity index (χ3v) is 5.31. The lowest BCUT2D eigenvalue weighted by Gasteiger charge is -2.25. The number of hydrogen-bond donors (Lipinski definition) is 1. The number of hydrogen-bond acceptors (Lipinski definition) is 4. The van der Waals surface area contributed by atoms with Gasteiger partial charge in [-0.25, -0.2) is 8.42 Å². The van der Waals surface area contributed by atoms with Crippen LogP contribution in [-0.2, 0) is 14.8 Å². The lowest BCUT2D eigenvalue weighted by molar-refractivity contribution is -0.120. The van der Waals surface area contributed by atoms with Crippen LogP contribution in [0.25, 0.3) is 0 Å². The first-order valence-electron chi connectivity index (χ1n) is 8.77. The molecule has 1 amide bonds. The molecule has 0 spiro atoms. The van der Waals surface area contributed by atoms with E-state index in [9.17, 15) is 13.2 Å². The van der Waals surface area contributed by atoms with Crippen LogP contribution in [0.2, 0.25) is 0 Å². The number of carbonyl (C=O) groups excluding carboxylic acids is 1. The second kappa shape index (κ2) is 8.90. The van der Waals surface area contributed by atoms with Gasteiger partial charge in [-0.1, -0.05) is 44.2 Å². The predicted molar refractivity (Wildman–Crippen MR) is 108 cm³/mol. The molecule has 1 N–H and O–H groups in total. The summed E-state index contributed by atoms with van der Waals surface area (Å²) >= 11 is 0. The molecular weight excluding hydrogens is 364 g/mol. The van der Waals surface area contributed by atoms with Gasteiger partial charge in [-0.15, -0.1) is 0 Å². The van der Waals surface area contributed by atoms with E-state index in [1.54, 1.807) is 36.4 Å². The Morgan fingerprint density at radius 2 is 1.63 bits per heavy atom. The zero-order valence-electron chi connectivity index (χ0n) is 16.0. The van der Waals surface area contributed by atoms with Crippen LogP contribution in [0.15, 0.2) is 54.6 Å². The van der Waals surface area contributed by atoms with Gasteiger partial charge >= 0.3 is 0 Å². The maximum Gasteiger partial charge on any atom is 0.240 e. The number of rotatable bonds is 8. The molecule has 0 unspecified atom stereocenters. The maximum atomic E-state index is 12.4. The summed E-state index contributed by atoms with van der Waals surface area (Å²) in [6, 6.07) is 15.8. The van der Waals surface area contributed by atoms with Crippen molar-refractivity contribution in [1.82, 2.24) is 5.32 Å². The van der Waals surface area contributed by atoms with Gasteiger partial charge in [0.25, 0.3) is 0 Å². The molecule has 0 aliphatic rings. The Labute approximate surface area is 161 Å². The fraction of sp³-hybridized carbons (Fsp3) is 0.350. The summed E-state index contributed by atoms with van der Waals surface area (Å²) in [6.45, 7) is 5.55. The maximum absolute atomic E-state index is 12.4. The SMILES string of the molecule is CC(C)[C@@H](C)NC(=O)CN(c1ccccc1Oc1ccccc1)S(C)(=O)=O. The molecule has 146 valence electrons. The quantitative estimate of drug-likeness (QED) is 0.749. The number of amides is 1.